The first-order valence-electron chi connectivity index (χ1n) is 4.95. The normalized spacial score (nSPS) is 11.6. The molecule has 80 valence electrons. The highest BCUT2D eigenvalue weighted by atomic mass is 16.5. The number of hydrogen-bond acceptors (Lipinski definition) is 3. The Kier molecular flexibility index (Phi) is 3.99. The molecule has 0 spiro atoms. The molecular formula is C12H16N2O. The van der Waals surface area contributed by atoms with Crippen LogP contribution in [0.5, 0.6) is 5.75 Å². The van der Waals surface area contributed by atoms with Crippen LogP contribution in [0.1, 0.15) is 12.5 Å². The zero-order valence-corrected chi connectivity index (χ0v) is 9.37. The summed E-state index contributed by atoms with van der Waals surface area (Å²) < 4.78 is 5.12. The van der Waals surface area contributed by atoms with Crippen molar-refractivity contribution in [3.05, 3.63) is 23.8 Å². The van der Waals surface area contributed by atoms with Gasteiger partial charge >= 0.3 is 0 Å². The van der Waals surface area contributed by atoms with Crippen LogP contribution in [0, 0.1) is 24.2 Å². The van der Waals surface area contributed by atoms with E-state index in [0.29, 0.717) is 6.54 Å². The smallest absolute Gasteiger partial charge is 0.119 e. The Balaban J connectivity index is 2.67. The van der Waals surface area contributed by atoms with Crippen LogP contribution in [0.25, 0.3) is 0 Å². The molecule has 3 heteroatoms. The molecule has 0 bridgehead atoms. The molecule has 0 amide bonds. The monoisotopic (exact) mass is 204 g/mol. The quantitative estimate of drug-likeness (QED) is 0.819. The third-order valence-electron chi connectivity index (χ3n) is 2.25. The first-order chi connectivity index (χ1) is 7.17. The van der Waals surface area contributed by atoms with Crippen molar-refractivity contribution in [1.29, 1.82) is 5.26 Å². The molecule has 15 heavy (non-hydrogen) atoms. The number of nitrogens with one attached hydrogen (secondary N) is 1. The van der Waals surface area contributed by atoms with E-state index in [0.717, 1.165) is 17.0 Å². The molecule has 0 radical (unpaired) electrons. The molecule has 1 aromatic carbocycles. The number of hydrogen-bond donors (Lipinski definition) is 1. The van der Waals surface area contributed by atoms with Crippen LogP contribution in [0.4, 0.5) is 5.69 Å². The van der Waals surface area contributed by atoms with Gasteiger partial charge in [-0.3, -0.25) is 0 Å². The summed E-state index contributed by atoms with van der Waals surface area (Å²) in [4.78, 5) is 0. The number of benzene rings is 1. The van der Waals surface area contributed by atoms with Crippen LogP contribution < -0.4 is 10.1 Å². The van der Waals surface area contributed by atoms with Crippen molar-refractivity contribution in [2.45, 2.75) is 13.8 Å². The first-order valence-corrected chi connectivity index (χ1v) is 4.95. The third kappa shape index (κ3) is 3.17. The Hall–Kier alpha value is -1.69. The number of methoxy groups -OCH3 is 1. The van der Waals surface area contributed by atoms with Crippen LogP contribution in [-0.4, -0.2) is 13.7 Å². The molecular weight excluding hydrogens is 188 g/mol. The van der Waals surface area contributed by atoms with Crippen molar-refractivity contribution in [2.24, 2.45) is 5.92 Å². The maximum atomic E-state index is 8.65. The summed E-state index contributed by atoms with van der Waals surface area (Å²) in [5.74, 6) is 0.873. The van der Waals surface area contributed by atoms with Gasteiger partial charge in [-0.2, -0.15) is 5.26 Å². The lowest BCUT2D eigenvalue weighted by molar-refractivity contribution is 0.414. The van der Waals surface area contributed by atoms with E-state index in [1.54, 1.807) is 7.11 Å². The van der Waals surface area contributed by atoms with Gasteiger partial charge in [-0.05, 0) is 37.6 Å². The molecule has 1 rings (SSSR count). The minimum Gasteiger partial charge on any atom is -0.497 e. The van der Waals surface area contributed by atoms with Crippen molar-refractivity contribution in [1.82, 2.24) is 0 Å². The highest BCUT2D eigenvalue weighted by Crippen LogP contribution is 2.21. The number of ether oxygens (including phenoxy) is 1. The molecule has 0 saturated carbocycles. The topological polar surface area (TPSA) is 45.0 Å². The van der Waals surface area contributed by atoms with E-state index < -0.39 is 0 Å². The Morgan fingerprint density at radius 2 is 2.27 bits per heavy atom. The summed E-state index contributed by atoms with van der Waals surface area (Å²) in [5.41, 5.74) is 2.18. The lowest BCUT2D eigenvalue weighted by Gasteiger charge is -2.11. The fraction of sp³-hybridized carbons (Fsp3) is 0.417. The van der Waals surface area contributed by atoms with E-state index in [1.165, 1.54) is 0 Å². The van der Waals surface area contributed by atoms with E-state index in [9.17, 15) is 0 Å². The van der Waals surface area contributed by atoms with Crippen molar-refractivity contribution in [3.63, 3.8) is 0 Å². The molecule has 1 aromatic rings. The fourth-order valence-electron chi connectivity index (χ4n) is 1.27. The van der Waals surface area contributed by atoms with E-state index in [4.69, 9.17) is 10.00 Å². The SMILES string of the molecule is COc1ccc(NCC(C)C#N)c(C)c1. The molecule has 0 aliphatic carbocycles. The summed E-state index contributed by atoms with van der Waals surface area (Å²) in [6, 6.07) is 8.04. The number of rotatable bonds is 4. The summed E-state index contributed by atoms with van der Waals surface area (Å²) in [6.45, 7) is 4.58. The van der Waals surface area contributed by atoms with Gasteiger partial charge in [0.25, 0.3) is 0 Å². The Morgan fingerprint density at radius 1 is 1.53 bits per heavy atom. The zero-order valence-electron chi connectivity index (χ0n) is 9.37. The maximum absolute atomic E-state index is 8.65. The fourth-order valence-corrected chi connectivity index (χ4v) is 1.27. The largest absolute Gasteiger partial charge is 0.497 e. The van der Waals surface area contributed by atoms with Gasteiger partial charge in [0.05, 0.1) is 19.1 Å². The van der Waals surface area contributed by atoms with Crippen LogP contribution in [0.15, 0.2) is 18.2 Å². The minimum atomic E-state index is 0.0199. The van der Waals surface area contributed by atoms with E-state index in [-0.39, 0.29) is 5.92 Å². The van der Waals surface area contributed by atoms with Crippen LogP contribution in [0.3, 0.4) is 0 Å². The molecule has 0 saturated heterocycles. The first kappa shape index (κ1) is 11.4. The number of nitriles is 1. The lowest BCUT2D eigenvalue weighted by atomic mass is 10.1. The van der Waals surface area contributed by atoms with E-state index >= 15 is 0 Å². The molecule has 3 nitrogen and oxygen atoms in total. The Labute approximate surface area is 90.7 Å². The predicted molar refractivity (Wildman–Crippen MR) is 61.0 cm³/mol. The molecule has 0 aliphatic rings. The van der Waals surface area contributed by atoms with Gasteiger partial charge in [0.2, 0.25) is 0 Å². The van der Waals surface area contributed by atoms with Gasteiger partial charge < -0.3 is 10.1 Å². The lowest BCUT2D eigenvalue weighted by Crippen LogP contribution is -2.10. The molecule has 0 aromatic heterocycles. The summed E-state index contributed by atoms with van der Waals surface area (Å²) >= 11 is 0. The van der Waals surface area contributed by atoms with Gasteiger partial charge in [0.15, 0.2) is 0 Å². The standard InChI is InChI=1S/C12H16N2O/c1-9(7-13)8-14-12-5-4-11(15-3)6-10(12)2/h4-6,9,14H,8H2,1-3H3. The number of aryl methyl sites for hydroxylation is 1. The van der Waals surface area contributed by atoms with Crippen LogP contribution in [0.2, 0.25) is 0 Å². The molecule has 0 aliphatic heterocycles. The molecule has 1 atom stereocenters. The Morgan fingerprint density at radius 3 is 2.80 bits per heavy atom. The van der Waals surface area contributed by atoms with Gasteiger partial charge in [0.1, 0.15) is 5.75 Å². The summed E-state index contributed by atoms with van der Waals surface area (Å²) in [5, 5.41) is 11.9. The average Bonchev–Trinajstić information content (AvgIpc) is 2.26. The molecule has 1 N–H and O–H groups in total. The summed E-state index contributed by atoms with van der Waals surface area (Å²) in [7, 11) is 1.65. The van der Waals surface area contributed by atoms with Gasteiger partial charge in [-0.1, -0.05) is 0 Å². The van der Waals surface area contributed by atoms with Crippen molar-refractivity contribution in [2.75, 3.05) is 19.0 Å². The minimum absolute atomic E-state index is 0.0199. The van der Waals surface area contributed by atoms with Gasteiger partial charge in [-0.15, -0.1) is 0 Å². The van der Waals surface area contributed by atoms with Crippen molar-refractivity contribution in [3.8, 4) is 11.8 Å². The van der Waals surface area contributed by atoms with Crippen LogP contribution >= 0.6 is 0 Å². The second kappa shape index (κ2) is 5.26. The second-order valence-corrected chi connectivity index (χ2v) is 3.59. The highest BCUT2D eigenvalue weighted by molar-refractivity contribution is 5.53. The highest BCUT2D eigenvalue weighted by Gasteiger charge is 2.02. The predicted octanol–water partition coefficient (Wildman–Crippen LogP) is 2.58. The molecule has 0 fully saturated rings. The maximum Gasteiger partial charge on any atom is 0.119 e. The van der Waals surface area contributed by atoms with Crippen LogP contribution in [-0.2, 0) is 0 Å². The summed E-state index contributed by atoms with van der Waals surface area (Å²) in [6.07, 6.45) is 0. The third-order valence-corrected chi connectivity index (χ3v) is 2.25. The van der Waals surface area contributed by atoms with Gasteiger partial charge in [0, 0.05) is 12.2 Å². The molecule has 1 unspecified atom stereocenters. The van der Waals surface area contributed by atoms with E-state index in [2.05, 4.69) is 11.4 Å². The number of anilines is 1. The van der Waals surface area contributed by atoms with Crippen molar-refractivity contribution >= 4 is 5.69 Å². The van der Waals surface area contributed by atoms with Crippen molar-refractivity contribution < 1.29 is 4.74 Å². The molecule has 0 heterocycles. The Bertz CT molecular complexity index is 368. The van der Waals surface area contributed by atoms with Gasteiger partial charge in [-0.25, -0.2) is 0 Å². The second-order valence-electron chi connectivity index (χ2n) is 3.59. The number of nitrogens with zero attached hydrogens (tertiary/aromatic N) is 1. The zero-order chi connectivity index (χ0) is 11.3. The average molecular weight is 204 g/mol. The van der Waals surface area contributed by atoms with E-state index in [1.807, 2.05) is 32.0 Å².